The molecule has 0 radical (unpaired) electrons. The molecule has 0 bridgehead atoms. The van der Waals surface area contributed by atoms with E-state index < -0.39 is 0 Å². The van der Waals surface area contributed by atoms with Gasteiger partial charge in [-0.15, -0.1) is 0 Å². The summed E-state index contributed by atoms with van der Waals surface area (Å²) in [4.78, 5) is 23.3. The largest absolute Gasteiger partial charge is 0.359 e. The Kier molecular flexibility index (Phi) is 6.14. The predicted molar refractivity (Wildman–Crippen MR) is 104 cm³/mol. The lowest BCUT2D eigenvalue weighted by atomic mass is 10.2. The number of amides is 1. The minimum Gasteiger partial charge on any atom is -0.359 e. The molecule has 3 aromatic heterocycles. The van der Waals surface area contributed by atoms with Crippen LogP contribution >= 0.6 is 0 Å². The van der Waals surface area contributed by atoms with Gasteiger partial charge in [-0.05, 0) is 31.2 Å². The zero-order chi connectivity index (χ0) is 19.1. The van der Waals surface area contributed by atoms with Crippen LogP contribution in [-0.4, -0.2) is 39.2 Å². The molecule has 0 aromatic carbocycles. The van der Waals surface area contributed by atoms with Gasteiger partial charge in [0.05, 0.1) is 0 Å². The Bertz CT molecular complexity index is 850. The summed E-state index contributed by atoms with van der Waals surface area (Å²) in [6.45, 7) is 3.03. The average Bonchev–Trinajstić information content (AvgIpc) is 3.25. The van der Waals surface area contributed by atoms with Gasteiger partial charge in [0.25, 0.3) is 0 Å². The molecule has 3 aromatic rings. The van der Waals surface area contributed by atoms with Gasteiger partial charge in [0.2, 0.25) is 5.91 Å². The third kappa shape index (κ3) is 4.91. The van der Waals surface area contributed by atoms with Gasteiger partial charge in [-0.1, -0.05) is 12.1 Å². The molecule has 1 N–H and O–H groups in total. The summed E-state index contributed by atoms with van der Waals surface area (Å²) in [5.41, 5.74) is 2.02. The second kappa shape index (κ2) is 8.93. The van der Waals surface area contributed by atoms with Crippen LogP contribution in [0.5, 0.6) is 0 Å². The van der Waals surface area contributed by atoms with Crippen molar-refractivity contribution < 1.29 is 4.79 Å². The monoisotopic (exact) mass is 364 g/mol. The van der Waals surface area contributed by atoms with E-state index in [0.29, 0.717) is 6.54 Å². The van der Waals surface area contributed by atoms with Crippen LogP contribution in [0.1, 0.15) is 24.2 Å². The first-order chi connectivity index (χ1) is 13.1. The molecule has 0 saturated heterocycles. The van der Waals surface area contributed by atoms with Crippen LogP contribution < -0.4 is 10.2 Å². The van der Waals surface area contributed by atoms with Gasteiger partial charge in [0, 0.05) is 62.6 Å². The standard InChI is InChI=1S/C20H24N6O/c1-16(26-13-6-12-24-26)20(27)23-15-17-7-5-11-22-19(17)25(2)14-9-18-8-3-4-10-21-18/h3-8,10-13,16H,9,14-15H2,1-2H3,(H,23,27). The van der Waals surface area contributed by atoms with E-state index in [1.165, 1.54) is 0 Å². The van der Waals surface area contributed by atoms with E-state index >= 15 is 0 Å². The maximum absolute atomic E-state index is 12.4. The lowest BCUT2D eigenvalue weighted by Gasteiger charge is -2.21. The lowest BCUT2D eigenvalue weighted by Crippen LogP contribution is -2.32. The summed E-state index contributed by atoms with van der Waals surface area (Å²) in [5.74, 6) is 0.783. The highest BCUT2D eigenvalue weighted by molar-refractivity contribution is 5.79. The molecule has 3 heterocycles. The van der Waals surface area contributed by atoms with Gasteiger partial charge in [0.1, 0.15) is 11.9 Å². The van der Waals surface area contributed by atoms with E-state index in [4.69, 9.17) is 0 Å². The number of anilines is 1. The van der Waals surface area contributed by atoms with Gasteiger partial charge in [-0.2, -0.15) is 5.10 Å². The number of aromatic nitrogens is 4. The number of likely N-dealkylation sites (N-methyl/N-ethyl adjacent to an activating group) is 1. The molecule has 0 spiro atoms. The number of pyridine rings is 2. The lowest BCUT2D eigenvalue weighted by molar-refractivity contribution is -0.124. The maximum atomic E-state index is 12.4. The van der Waals surface area contributed by atoms with Gasteiger partial charge in [0.15, 0.2) is 0 Å². The number of nitrogens with zero attached hydrogens (tertiary/aromatic N) is 5. The molecule has 1 atom stereocenters. The number of hydrogen-bond donors (Lipinski definition) is 1. The van der Waals surface area contributed by atoms with Gasteiger partial charge in [-0.25, -0.2) is 4.98 Å². The second-order valence-corrected chi connectivity index (χ2v) is 6.36. The molecule has 7 nitrogen and oxygen atoms in total. The number of rotatable bonds is 8. The molecule has 0 fully saturated rings. The fourth-order valence-electron chi connectivity index (χ4n) is 2.81. The van der Waals surface area contributed by atoms with E-state index in [1.54, 1.807) is 35.5 Å². The van der Waals surface area contributed by atoms with Crippen molar-refractivity contribution in [3.8, 4) is 0 Å². The van der Waals surface area contributed by atoms with Crippen molar-refractivity contribution in [2.75, 3.05) is 18.5 Å². The van der Waals surface area contributed by atoms with Crippen LogP contribution in [0.2, 0.25) is 0 Å². The highest BCUT2D eigenvalue weighted by atomic mass is 16.2. The van der Waals surface area contributed by atoms with E-state index in [-0.39, 0.29) is 11.9 Å². The van der Waals surface area contributed by atoms with Crippen LogP contribution in [0, 0.1) is 0 Å². The molecular weight excluding hydrogens is 340 g/mol. The summed E-state index contributed by atoms with van der Waals surface area (Å²) >= 11 is 0. The Hall–Kier alpha value is -3.22. The number of carbonyl (C=O) groups excluding carboxylic acids is 1. The van der Waals surface area contributed by atoms with Crippen molar-refractivity contribution in [1.29, 1.82) is 0 Å². The van der Waals surface area contributed by atoms with Crippen molar-refractivity contribution in [3.05, 3.63) is 72.4 Å². The van der Waals surface area contributed by atoms with Crippen LogP contribution in [0.4, 0.5) is 5.82 Å². The highest BCUT2D eigenvalue weighted by Crippen LogP contribution is 2.16. The third-order valence-corrected chi connectivity index (χ3v) is 4.41. The van der Waals surface area contributed by atoms with Crippen LogP contribution in [0.25, 0.3) is 0 Å². The van der Waals surface area contributed by atoms with Crippen LogP contribution in [-0.2, 0) is 17.8 Å². The third-order valence-electron chi connectivity index (χ3n) is 4.41. The summed E-state index contributed by atoms with van der Waals surface area (Å²) in [6.07, 6.45) is 7.85. The first-order valence-corrected chi connectivity index (χ1v) is 8.97. The number of nitrogens with one attached hydrogen (secondary N) is 1. The second-order valence-electron chi connectivity index (χ2n) is 6.36. The minimum atomic E-state index is -0.359. The molecular formula is C20H24N6O. The van der Waals surface area contributed by atoms with Crippen molar-refractivity contribution in [2.24, 2.45) is 0 Å². The van der Waals surface area contributed by atoms with E-state index in [0.717, 1.165) is 30.0 Å². The average molecular weight is 364 g/mol. The quantitative estimate of drug-likeness (QED) is 0.663. The fraction of sp³-hybridized carbons (Fsp3) is 0.300. The summed E-state index contributed by atoms with van der Waals surface area (Å²) < 4.78 is 1.64. The first kappa shape index (κ1) is 18.6. The molecule has 27 heavy (non-hydrogen) atoms. The molecule has 0 saturated carbocycles. The number of carbonyl (C=O) groups is 1. The smallest absolute Gasteiger partial charge is 0.244 e. The van der Waals surface area contributed by atoms with Crippen molar-refractivity contribution in [1.82, 2.24) is 25.1 Å². The Labute approximate surface area is 159 Å². The summed E-state index contributed by atoms with van der Waals surface area (Å²) in [7, 11) is 2.00. The Morgan fingerprint density at radius 1 is 1.15 bits per heavy atom. The van der Waals surface area contributed by atoms with E-state index in [9.17, 15) is 4.79 Å². The Morgan fingerprint density at radius 2 is 2.00 bits per heavy atom. The van der Waals surface area contributed by atoms with Gasteiger partial charge >= 0.3 is 0 Å². The first-order valence-electron chi connectivity index (χ1n) is 8.97. The summed E-state index contributed by atoms with van der Waals surface area (Å²) in [6, 6.07) is 11.2. The molecule has 1 unspecified atom stereocenters. The van der Waals surface area contributed by atoms with Crippen LogP contribution in [0.3, 0.4) is 0 Å². The molecule has 0 aliphatic rings. The van der Waals surface area contributed by atoms with E-state index in [2.05, 4.69) is 25.3 Å². The topological polar surface area (TPSA) is 75.9 Å². The zero-order valence-electron chi connectivity index (χ0n) is 15.6. The fourth-order valence-corrected chi connectivity index (χ4v) is 2.81. The van der Waals surface area contributed by atoms with Gasteiger partial charge in [-0.3, -0.25) is 14.5 Å². The normalized spacial score (nSPS) is 11.8. The SMILES string of the molecule is CC(C(=O)NCc1cccnc1N(C)CCc1ccccn1)n1cccn1. The van der Waals surface area contributed by atoms with E-state index in [1.807, 2.05) is 44.3 Å². The highest BCUT2D eigenvalue weighted by Gasteiger charge is 2.16. The maximum Gasteiger partial charge on any atom is 0.244 e. The molecule has 1 amide bonds. The predicted octanol–water partition coefficient (Wildman–Crippen LogP) is 2.23. The van der Waals surface area contributed by atoms with Crippen molar-refractivity contribution in [3.63, 3.8) is 0 Å². The molecule has 7 heteroatoms. The Morgan fingerprint density at radius 3 is 2.74 bits per heavy atom. The van der Waals surface area contributed by atoms with Crippen molar-refractivity contribution >= 4 is 11.7 Å². The minimum absolute atomic E-state index is 0.0790. The molecule has 0 aliphatic heterocycles. The molecule has 140 valence electrons. The molecule has 0 aliphatic carbocycles. The Balaban J connectivity index is 1.60. The molecule has 3 rings (SSSR count). The van der Waals surface area contributed by atoms with Crippen LogP contribution in [0.15, 0.2) is 61.2 Å². The zero-order valence-corrected chi connectivity index (χ0v) is 15.6. The number of hydrogen-bond acceptors (Lipinski definition) is 5. The van der Waals surface area contributed by atoms with Crippen molar-refractivity contribution in [2.45, 2.75) is 25.9 Å². The van der Waals surface area contributed by atoms with Gasteiger partial charge < -0.3 is 10.2 Å². The summed E-state index contributed by atoms with van der Waals surface area (Å²) in [5, 5.41) is 7.10.